The van der Waals surface area contributed by atoms with Gasteiger partial charge >= 0.3 is 0 Å². The molecule has 132 valence electrons. The average molecular weight is 356 g/mol. The van der Waals surface area contributed by atoms with E-state index in [1.807, 2.05) is 0 Å². The Labute approximate surface area is 140 Å². The summed E-state index contributed by atoms with van der Waals surface area (Å²) in [6.45, 7) is 4.64. The molecule has 1 aromatic rings. The number of hydrogen-bond donors (Lipinski definition) is 2. The van der Waals surface area contributed by atoms with Crippen LogP contribution in [0.15, 0.2) is 23.1 Å². The third-order valence-corrected chi connectivity index (χ3v) is 4.81. The lowest BCUT2D eigenvalue weighted by molar-refractivity contribution is -0.385. The molecule has 0 bridgehead atoms. The van der Waals surface area contributed by atoms with Gasteiger partial charge in [0, 0.05) is 63.2 Å². The van der Waals surface area contributed by atoms with E-state index in [1.165, 1.54) is 0 Å². The molecule has 1 saturated heterocycles. The third kappa shape index (κ3) is 4.98. The summed E-state index contributed by atoms with van der Waals surface area (Å²) in [6.07, 6.45) is 0.943. The predicted molar refractivity (Wildman–Crippen MR) is 87.8 cm³/mol. The number of sulfone groups is 1. The number of carbonyl (C=O) groups is 1. The monoisotopic (exact) mass is 356 g/mol. The van der Waals surface area contributed by atoms with Crippen molar-refractivity contribution in [2.75, 3.05) is 45.5 Å². The summed E-state index contributed by atoms with van der Waals surface area (Å²) in [5.41, 5.74) is -0.463. The summed E-state index contributed by atoms with van der Waals surface area (Å²) in [5, 5.41) is 16.8. The number of piperazine rings is 1. The minimum Gasteiger partial charge on any atom is -0.351 e. The van der Waals surface area contributed by atoms with Crippen molar-refractivity contribution in [3.63, 3.8) is 0 Å². The quantitative estimate of drug-likeness (QED) is 0.527. The predicted octanol–water partition coefficient (Wildman–Crippen LogP) is -0.367. The van der Waals surface area contributed by atoms with E-state index in [-0.39, 0.29) is 10.5 Å². The van der Waals surface area contributed by atoms with Crippen molar-refractivity contribution in [2.24, 2.45) is 0 Å². The molecule has 1 aromatic carbocycles. The van der Waals surface area contributed by atoms with Crippen LogP contribution in [-0.2, 0) is 9.84 Å². The molecule has 24 heavy (non-hydrogen) atoms. The molecule has 1 heterocycles. The highest BCUT2D eigenvalue weighted by Gasteiger charge is 2.19. The first-order valence-electron chi connectivity index (χ1n) is 7.48. The molecule has 1 aliphatic heterocycles. The van der Waals surface area contributed by atoms with Crippen molar-refractivity contribution in [1.29, 1.82) is 0 Å². The van der Waals surface area contributed by atoms with E-state index in [4.69, 9.17) is 0 Å². The smallest absolute Gasteiger partial charge is 0.271 e. The SMILES string of the molecule is CS(=O)(=O)c1cc(C(=O)NCCN2CCNCC2)cc([N+](=O)[O-])c1. The van der Waals surface area contributed by atoms with Crippen LogP contribution in [0.4, 0.5) is 5.69 Å². The number of rotatable bonds is 6. The van der Waals surface area contributed by atoms with Crippen molar-refractivity contribution < 1.29 is 18.1 Å². The standard InChI is InChI=1S/C14H20N4O5S/c1-24(22,23)13-9-11(8-12(10-13)18(20)21)14(19)16-4-7-17-5-2-15-3-6-17/h8-10,15H,2-7H2,1H3,(H,16,19). The molecule has 0 spiro atoms. The highest BCUT2D eigenvalue weighted by Crippen LogP contribution is 2.20. The van der Waals surface area contributed by atoms with Crippen LogP contribution in [-0.4, -0.2) is 69.7 Å². The molecule has 1 aliphatic rings. The molecular formula is C14H20N4O5S. The molecule has 0 atom stereocenters. The molecule has 1 fully saturated rings. The lowest BCUT2D eigenvalue weighted by atomic mass is 10.2. The molecule has 0 aliphatic carbocycles. The number of carbonyl (C=O) groups excluding carboxylic acids is 1. The average Bonchev–Trinajstić information content (AvgIpc) is 2.54. The number of hydrogen-bond acceptors (Lipinski definition) is 7. The third-order valence-electron chi connectivity index (χ3n) is 3.72. The number of nitrogens with zero attached hydrogens (tertiary/aromatic N) is 2. The van der Waals surface area contributed by atoms with E-state index in [9.17, 15) is 23.3 Å². The number of nitro groups is 1. The van der Waals surface area contributed by atoms with E-state index < -0.39 is 26.4 Å². The summed E-state index contributed by atoms with van der Waals surface area (Å²) >= 11 is 0. The Morgan fingerprint density at radius 3 is 2.58 bits per heavy atom. The maximum absolute atomic E-state index is 12.2. The molecule has 1 amide bonds. The fraction of sp³-hybridized carbons (Fsp3) is 0.500. The van der Waals surface area contributed by atoms with Crippen molar-refractivity contribution in [2.45, 2.75) is 4.90 Å². The molecular weight excluding hydrogens is 336 g/mol. The van der Waals surface area contributed by atoms with E-state index >= 15 is 0 Å². The van der Waals surface area contributed by atoms with Gasteiger partial charge < -0.3 is 10.6 Å². The normalized spacial score (nSPS) is 15.9. The van der Waals surface area contributed by atoms with Crippen molar-refractivity contribution in [3.05, 3.63) is 33.9 Å². The topological polar surface area (TPSA) is 122 Å². The molecule has 0 aromatic heterocycles. The van der Waals surface area contributed by atoms with Gasteiger partial charge in [0.1, 0.15) is 0 Å². The summed E-state index contributed by atoms with van der Waals surface area (Å²) in [6, 6.07) is 3.18. The zero-order chi connectivity index (χ0) is 17.7. The van der Waals surface area contributed by atoms with Gasteiger partial charge in [0.25, 0.3) is 11.6 Å². The number of nitro benzene ring substituents is 1. The zero-order valence-corrected chi connectivity index (χ0v) is 14.1. The highest BCUT2D eigenvalue weighted by molar-refractivity contribution is 7.90. The van der Waals surface area contributed by atoms with Gasteiger partial charge in [0.2, 0.25) is 0 Å². The highest BCUT2D eigenvalue weighted by atomic mass is 32.2. The van der Waals surface area contributed by atoms with E-state index in [0.29, 0.717) is 13.1 Å². The van der Waals surface area contributed by atoms with Crippen LogP contribution in [0, 0.1) is 10.1 Å². The Hall–Kier alpha value is -2.04. The minimum atomic E-state index is -3.65. The molecule has 9 nitrogen and oxygen atoms in total. The summed E-state index contributed by atoms with van der Waals surface area (Å²) in [5.74, 6) is -0.529. The molecule has 0 unspecified atom stereocenters. The molecule has 0 saturated carbocycles. The second-order valence-electron chi connectivity index (χ2n) is 5.59. The van der Waals surface area contributed by atoms with Crippen molar-refractivity contribution >= 4 is 21.4 Å². The molecule has 10 heteroatoms. The second-order valence-corrected chi connectivity index (χ2v) is 7.61. The van der Waals surface area contributed by atoms with Crippen LogP contribution in [0.3, 0.4) is 0 Å². The number of non-ortho nitro benzene ring substituents is 1. The van der Waals surface area contributed by atoms with Gasteiger partial charge in [-0.25, -0.2) is 8.42 Å². The van der Waals surface area contributed by atoms with Crippen molar-refractivity contribution in [1.82, 2.24) is 15.5 Å². The van der Waals surface area contributed by atoms with Crippen LogP contribution in [0.5, 0.6) is 0 Å². The van der Waals surface area contributed by atoms with Crippen LogP contribution in [0.25, 0.3) is 0 Å². The van der Waals surface area contributed by atoms with Gasteiger partial charge in [-0.05, 0) is 6.07 Å². The van der Waals surface area contributed by atoms with E-state index in [2.05, 4.69) is 15.5 Å². The number of nitrogens with one attached hydrogen (secondary N) is 2. The largest absolute Gasteiger partial charge is 0.351 e. The zero-order valence-electron chi connectivity index (χ0n) is 13.3. The maximum Gasteiger partial charge on any atom is 0.271 e. The Kier molecular flexibility index (Phi) is 5.86. The van der Waals surface area contributed by atoms with Crippen molar-refractivity contribution in [3.8, 4) is 0 Å². The Balaban J connectivity index is 2.07. The van der Waals surface area contributed by atoms with Gasteiger partial charge in [0.05, 0.1) is 9.82 Å². The maximum atomic E-state index is 12.2. The lowest BCUT2D eigenvalue weighted by Gasteiger charge is -2.27. The van der Waals surface area contributed by atoms with E-state index in [0.717, 1.165) is 50.6 Å². The first-order chi connectivity index (χ1) is 11.3. The Bertz CT molecular complexity index is 729. The summed E-state index contributed by atoms with van der Waals surface area (Å²) in [7, 11) is -3.65. The molecule has 2 rings (SSSR count). The molecule has 0 radical (unpaired) electrons. The van der Waals surface area contributed by atoms with E-state index in [1.54, 1.807) is 0 Å². The Morgan fingerprint density at radius 2 is 2.00 bits per heavy atom. The lowest BCUT2D eigenvalue weighted by Crippen LogP contribution is -2.46. The van der Waals surface area contributed by atoms with Gasteiger partial charge in [-0.3, -0.25) is 19.8 Å². The van der Waals surface area contributed by atoms with Crippen LogP contribution >= 0.6 is 0 Å². The summed E-state index contributed by atoms with van der Waals surface area (Å²) in [4.78, 5) is 24.3. The Morgan fingerprint density at radius 1 is 1.33 bits per heavy atom. The fourth-order valence-electron chi connectivity index (χ4n) is 2.40. The van der Waals surface area contributed by atoms with Gasteiger partial charge in [-0.1, -0.05) is 0 Å². The van der Waals surface area contributed by atoms with Gasteiger partial charge in [-0.15, -0.1) is 0 Å². The van der Waals surface area contributed by atoms with Crippen LogP contribution < -0.4 is 10.6 Å². The summed E-state index contributed by atoms with van der Waals surface area (Å²) < 4.78 is 23.3. The van der Waals surface area contributed by atoms with Crippen LogP contribution in [0.1, 0.15) is 10.4 Å². The second kappa shape index (κ2) is 7.69. The fourth-order valence-corrected chi connectivity index (χ4v) is 3.07. The van der Waals surface area contributed by atoms with Crippen LogP contribution in [0.2, 0.25) is 0 Å². The first-order valence-corrected chi connectivity index (χ1v) is 9.37. The van der Waals surface area contributed by atoms with Gasteiger partial charge in [0.15, 0.2) is 9.84 Å². The minimum absolute atomic E-state index is 0.0371. The van der Waals surface area contributed by atoms with Gasteiger partial charge in [-0.2, -0.15) is 0 Å². The number of amides is 1. The first kappa shape index (κ1) is 18.3. The number of benzene rings is 1. The molecule has 2 N–H and O–H groups in total.